The van der Waals surface area contributed by atoms with Gasteiger partial charge in [-0.2, -0.15) is 0 Å². The molecule has 1 aromatic carbocycles. The molecule has 5 heteroatoms. The molecular formula is C15H19IO4. The van der Waals surface area contributed by atoms with Gasteiger partial charge in [0.15, 0.2) is 0 Å². The summed E-state index contributed by atoms with van der Waals surface area (Å²) in [6.07, 6.45) is 0.0997. The molecule has 0 radical (unpaired) electrons. The van der Waals surface area contributed by atoms with Crippen LogP contribution in [0.3, 0.4) is 0 Å². The van der Waals surface area contributed by atoms with Gasteiger partial charge in [-0.15, -0.1) is 0 Å². The molecular weight excluding hydrogens is 371 g/mol. The Labute approximate surface area is 133 Å². The van der Waals surface area contributed by atoms with Crippen molar-refractivity contribution in [3.8, 4) is 5.75 Å². The summed E-state index contributed by atoms with van der Waals surface area (Å²) in [6.45, 7) is 5.77. The average Bonchev–Trinajstić information content (AvgIpc) is 2.40. The Bertz CT molecular complexity index is 471. The van der Waals surface area contributed by atoms with Gasteiger partial charge in [0.1, 0.15) is 10.4 Å². The maximum Gasteiger partial charge on any atom is 0.314 e. The predicted molar refractivity (Wildman–Crippen MR) is 84.8 cm³/mol. The molecule has 0 aliphatic rings. The van der Waals surface area contributed by atoms with Crippen molar-refractivity contribution in [1.82, 2.24) is 0 Å². The van der Waals surface area contributed by atoms with E-state index in [4.69, 9.17) is 9.47 Å². The molecule has 4 nitrogen and oxygen atoms in total. The maximum atomic E-state index is 12.0. The van der Waals surface area contributed by atoms with Gasteiger partial charge in [0.2, 0.25) is 0 Å². The van der Waals surface area contributed by atoms with E-state index in [1.165, 1.54) is 0 Å². The van der Waals surface area contributed by atoms with Crippen LogP contribution in [-0.2, 0) is 20.7 Å². The van der Waals surface area contributed by atoms with E-state index in [0.29, 0.717) is 15.9 Å². The fourth-order valence-electron chi connectivity index (χ4n) is 1.49. The molecule has 0 bridgehead atoms. The van der Waals surface area contributed by atoms with Crippen molar-refractivity contribution in [3.63, 3.8) is 0 Å². The number of ether oxygens (including phenoxy) is 2. The minimum absolute atomic E-state index is 0.0997. The molecule has 0 N–H and O–H groups in total. The van der Waals surface area contributed by atoms with E-state index in [1.807, 2.05) is 43.4 Å². The van der Waals surface area contributed by atoms with Crippen LogP contribution in [0.25, 0.3) is 0 Å². The molecule has 1 aromatic rings. The molecule has 20 heavy (non-hydrogen) atoms. The van der Waals surface area contributed by atoms with Gasteiger partial charge in [0.25, 0.3) is 0 Å². The third-order valence-electron chi connectivity index (χ3n) is 3.11. The minimum Gasteiger partial charge on any atom is -0.455 e. The zero-order valence-corrected chi connectivity index (χ0v) is 14.0. The van der Waals surface area contributed by atoms with E-state index >= 15 is 0 Å². The van der Waals surface area contributed by atoms with E-state index in [2.05, 4.69) is 0 Å². The molecule has 0 aliphatic carbocycles. The molecule has 0 heterocycles. The first-order chi connectivity index (χ1) is 9.45. The van der Waals surface area contributed by atoms with E-state index in [1.54, 1.807) is 24.3 Å². The normalized spacial score (nSPS) is 12.1. The van der Waals surface area contributed by atoms with Crippen molar-refractivity contribution < 1.29 is 19.1 Å². The van der Waals surface area contributed by atoms with Crippen LogP contribution in [-0.4, -0.2) is 16.6 Å². The van der Waals surface area contributed by atoms with Crippen molar-refractivity contribution in [2.24, 2.45) is 11.8 Å². The molecule has 0 saturated heterocycles. The first-order valence-electron chi connectivity index (χ1n) is 6.47. The summed E-state index contributed by atoms with van der Waals surface area (Å²) in [7, 11) is 0. The summed E-state index contributed by atoms with van der Waals surface area (Å²) in [6, 6.07) is 7.03. The molecule has 1 unspecified atom stereocenters. The molecule has 0 saturated carbocycles. The van der Waals surface area contributed by atoms with E-state index in [9.17, 15) is 9.59 Å². The lowest BCUT2D eigenvalue weighted by atomic mass is 9.98. The Morgan fingerprint density at radius 3 is 2.45 bits per heavy atom. The number of carbonyl (C=O) groups is 2. The van der Waals surface area contributed by atoms with E-state index in [0.717, 1.165) is 0 Å². The van der Waals surface area contributed by atoms with Crippen LogP contribution in [0.1, 0.15) is 26.3 Å². The molecule has 110 valence electrons. The van der Waals surface area contributed by atoms with Crippen molar-refractivity contribution >= 4 is 34.5 Å². The highest BCUT2D eigenvalue weighted by molar-refractivity contribution is 14.1. The molecule has 0 amide bonds. The second kappa shape index (κ2) is 8.24. The highest BCUT2D eigenvalue weighted by Gasteiger charge is 2.20. The molecule has 1 atom stereocenters. The lowest BCUT2D eigenvalue weighted by molar-refractivity contribution is -0.141. The number of hydrogen-bond acceptors (Lipinski definition) is 4. The van der Waals surface area contributed by atoms with Crippen LogP contribution in [0.5, 0.6) is 5.75 Å². The Balaban J connectivity index is 2.80. The number of halogens is 1. The molecule has 0 aliphatic heterocycles. The van der Waals surface area contributed by atoms with Gasteiger partial charge >= 0.3 is 11.9 Å². The van der Waals surface area contributed by atoms with Gasteiger partial charge in [-0.3, -0.25) is 9.59 Å². The zero-order valence-electron chi connectivity index (χ0n) is 11.9. The van der Waals surface area contributed by atoms with Crippen LogP contribution >= 0.6 is 22.6 Å². The fraction of sp³-hybridized carbons (Fsp3) is 0.467. The summed E-state index contributed by atoms with van der Waals surface area (Å²) >= 11 is 1.96. The van der Waals surface area contributed by atoms with Crippen molar-refractivity contribution in [3.05, 3.63) is 29.8 Å². The topological polar surface area (TPSA) is 52.6 Å². The minimum atomic E-state index is -0.334. The van der Waals surface area contributed by atoms with Crippen LogP contribution < -0.4 is 4.74 Å². The highest BCUT2D eigenvalue weighted by Crippen LogP contribution is 2.22. The number of esters is 2. The Hall–Kier alpha value is -1.11. The third kappa shape index (κ3) is 5.11. The van der Waals surface area contributed by atoms with Crippen molar-refractivity contribution in [1.29, 1.82) is 0 Å². The Morgan fingerprint density at radius 2 is 1.85 bits per heavy atom. The van der Waals surface area contributed by atoms with Crippen LogP contribution in [0.15, 0.2) is 24.3 Å². The number of carbonyl (C=O) groups excluding carboxylic acids is 2. The Kier molecular flexibility index (Phi) is 6.98. The first-order valence-corrected chi connectivity index (χ1v) is 7.99. The predicted octanol–water partition coefficient (Wildman–Crippen LogP) is 3.36. The van der Waals surface area contributed by atoms with Gasteiger partial charge in [0.05, 0.1) is 12.3 Å². The lowest BCUT2D eigenvalue weighted by Crippen LogP contribution is -2.23. The quantitative estimate of drug-likeness (QED) is 0.324. The Morgan fingerprint density at radius 1 is 1.20 bits per heavy atom. The largest absolute Gasteiger partial charge is 0.455 e. The summed E-state index contributed by atoms with van der Waals surface area (Å²) in [5.41, 5.74) is 0.659. The number of rotatable bonds is 6. The lowest BCUT2D eigenvalue weighted by Gasteiger charge is -2.15. The summed E-state index contributed by atoms with van der Waals surface area (Å²) in [5, 5.41) is 0. The number of benzene rings is 1. The van der Waals surface area contributed by atoms with Crippen LogP contribution in [0.4, 0.5) is 0 Å². The number of alkyl halides is 1. The fourth-order valence-corrected chi connectivity index (χ4v) is 1.84. The van der Waals surface area contributed by atoms with E-state index in [-0.39, 0.29) is 30.2 Å². The van der Waals surface area contributed by atoms with Crippen molar-refractivity contribution in [2.45, 2.75) is 27.2 Å². The zero-order chi connectivity index (χ0) is 15.1. The molecule has 0 aromatic heterocycles. The average molecular weight is 390 g/mol. The SMILES string of the molecule is CC(C)C(C)C(=O)Oc1ccccc1CC(=O)OCI. The monoisotopic (exact) mass is 390 g/mol. The van der Waals surface area contributed by atoms with Gasteiger partial charge in [-0.05, 0) is 34.6 Å². The molecule has 0 fully saturated rings. The molecule has 1 rings (SSSR count). The second-order valence-electron chi connectivity index (χ2n) is 4.86. The van der Waals surface area contributed by atoms with E-state index < -0.39 is 0 Å². The van der Waals surface area contributed by atoms with Gasteiger partial charge in [-0.1, -0.05) is 39.0 Å². The van der Waals surface area contributed by atoms with Gasteiger partial charge in [-0.25, -0.2) is 0 Å². The van der Waals surface area contributed by atoms with Gasteiger partial charge < -0.3 is 9.47 Å². The third-order valence-corrected chi connectivity index (χ3v) is 3.42. The molecule has 0 spiro atoms. The number of para-hydroxylation sites is 1. The summed E-state index contributed by atoms with van der Waals surface area (Å²) in [5.74, 6) is -0.173. The van der Waals surface area contributed by atoms with Crippen molar-refractivity contribution in [2.75, 3.05) is 4.61 Å². The maximum absolute atomic E-state index is 12.0. The first kappa shape index (κ1) is 16.9. The standard InChI is InChI=1S/C15H19IO4/c1-10(2)11(3)15(18)20-13-7-5-4-6-12(13)8-14(17)19-9-16/h4-7,10-11H,8-9H2,1-3H3. The highest BCUT2D eigenvalue weighted by atomic mass is 127. The second-order valence-corrected chi connectivity index (χ2v) is 5.49. The van der Waals surface area contributed by atoms with Crippen LogP contribution in [0.2, 0.25) is 0 Å². The number of hydrogen-bond donors (Lipinski definition) is 0. The van der Waals surface area contributed by atoms with Gasteiger partial charge in [0, 0.05) is 5.56 Å². The summed E-state index contributed by atoms with van der Waals surface area (Å²) < 4.78 is 10.6. The smallest absolute Gasteiger partial charge is 0.314 e. The summed E-state index contributed by atoms with van der Waals surface area (Å²) in [4.78, 5) is 23.5. The van der Waals surface area contributed by atoms with Crippen LogP contribution in [0, 0.1) is 11.8 Å².